The second kappa shape index (κ2) is 10.6. The zero-order valence-electron chi connectivity index (χ0n) is 19.2. The minimum absolute atomic E-state index is 0.0417. The molecule has 3 aromatic carbocycles. The average Bonchev–Trinajstić information content (AvgIpc) is 3.55. The molecule has 12 heteroatoms. The molecule has 2 heterocycles. The zero-order chi connectivity index (χ0) is 26.1. The number of anilines is 2. The molecular weight excluding hydrogens is 629 g/mol. The third-order valence-corrected chi connectivity index (χ3v) is 7.12. The maximum absolute atomic E-state index is 12.8. The first-order chi connectivity index (χ1) is 17.8. The minimum Gasteiger partial charge on any atom is -0.436 e. The van der Waals surface area contributed by atoms with Crippen LogP contribution in [-0.4, -0.2) is 34.0 Å². The van der Waals surface area contributed by atoms with Crippen LogP contribution in [0.3, 0.4) is 0 Å². The molecule has 9 nitrogen and oxygen atoms in total. The molecule has 4 aromatic rings. The van der Waals surface area contributed by atoms with Crippen LogP contribution >= 0.6 is 46.4 Å². The molecule has 1 fully saturated rings. The molecule has 0 bridgehead atoms. The third kappa shape index (κ3) is 5.53. The van der Waals surface area contributed by atoms with Gasteiger partial charge in [-0.05, 0) is 96.2 Å². The van der Waals surface area contributed by atoms with E-state index in [-0.39, 0.29) is 16.4 Å². The lowest BCUT2D eigenvalue weighted by Crippen LogP contribution is -2.34. The number of hydrogen-bond donors (Lipinski definition) is 2. The van der Waals surface area contributed by atoms with Crippen LogP contribution in [0.15, 0.2) is 59.0 Å². The number of aromatic nitrogens is 1. The van der Waals surface area contributed by atoms with Crippen LogP contribution in [0.1, 0.15) is 23.2 Å². The molecule has 37 heavy (non-hydrogen) atoms. The minimum atomic E-state index is -0.549. The van der Waals surface area contributed by atoms with Crippen LogP contribution in [0, 0.1) is 13.7 Å². The standard InChI is InChI=1S/C25H19ClIN5O4S/c26-18-6-4-15(27)12-17(18)24-29-19-13-16(5-8-22(19)36-24)28-25(37)30-23(33)14-3-7-20(21(11-14)32(34)35)31-9-1-2-10-31/h3-8,11-13H,1-2,9-10H2,(H2,28,30,33,37). The fraction of sp³-hybridized carbons (Fsp3) is 0.160. The number of carbonyl (C=O) groups is 1. The van der Waals surface area contributed by atoms with Crippen LogP contribution in [-0.2, 0) is 0 Å². The van der Waals surface area contributed by atoms with Crippen molar-refractivity contribution in [2.24, 2.45) is 0 Å². The average molecular weight is 648 g/mol. The van der Waals surface area contributed by atoms with Gasteiger partial charge in [0, 0.05) is 34.0 Å². The first-order valence-electron chi connectivity index (χ1n) is 11.3. The molecule has 2 N–H and O–H groups in total. The van der Waals surface area contributed by atoms with Crippen molar-refractivity contribution >= 4 is 85.6 Å². The van der Waals surface area contributed by atoms with E-state index in [1.807, 2.05) is 17.0 Å². The van der Waals surface area contributed by atoms with Crippen molar-refractivity contribution in [3.63, 3.8) is 0 Å². The highest BCUT2D eigenvalue weighted by atomic mass is 127. The van der Waals surface area contributed by atoms with E-state index in [0.717, 1.165) is 29.5 Å². The Bertz CT molecular complexity index is 1550. The number of fused-ring (bicyclic) bond motifs is 1. The van der Waals surface area contributed by atoms with Gasteiger partial charge in [-0.25, -0.2) is 4.98 Å². The van der Waals surface area contributed by atoms with Gasteiger partial charge in [-0.3, -0.25) is 20.2 Å². The molecule has 1 aromatic heterocycles. The maximum Gasteiger partial charge on any atom is 0.293 e. The molecule has 188 valence electrons. The van der Waals surface area contributed by atoms with E-state index in [2.05, 4.69) is 38.2 Å². The van der Waals surface area contributed by atoms with E-state index in [9.17, 15) is 14.9 Å². The number of nitrogens with one attached hydrogen (secondary N) is 2. The van der Waals surface area contributed by atoms with E-state index < -0.39 is 10.8 Å². The largest absolute Gasteiger partial charge is 0.436 e. The molecule has 5 rings (SSSR count). The predicted molar refractivity (Wildman–Crippen MR) is 155 cm³/mol. The second-order valence-electron chi connectivity index (χ2n) is 8.39. The van der Waals surface area contributed by atoms with Crippen molar-refractivity contribution in [1.82, 2.24) is 10.3 Å². The monoisotopic (exact) mass is 647 g/mol. The lowest BCUT2D eigenvalue weighted by Gasteiger charge is -2.18. The summed E-state index contributed by atoms with van der Waals surface area (Å²) in [6.07, 6.45) is 1.97. The Labute approximate surface area is 235 Å². The van der Waals surface area contributed by atoms with Crippen molar-refractivity contribution in [3.05, 3.63) is 78.9 Å². The SMILES string of the molecule is O=C(NC(=S)Nc1ccc2oc(-c3cc(I)ccc3Cl)nc2c1)c1ccc(N2CCCC2)c([N+](=O)[O-])c1. The lowest BCUT2D eigenvalue weighted by atomic mass is 10.1. The number of rotatable bonds is 5. The number of amides is 1. The molecule has 0 atom stereocenters. The topological polar surface area (TPSA) is 114 Å². The molecular formula is C25H19ClIN5O4S. The summed E-state index contributed by atoms with van der Waals surface area (Å²) >= 11 is 13.8. The third-order valence-electron chi connectivity index (χ3n) is 5.91. The smallest absolute Gasteiger partial charge is 0.293 e. The van der Waals surface area contributed by atoms with Crippen LogP contribution < -0.4 is 15.5 Å². The summed E-state index contributed by atoms with van der Waals surface area (Å²) < 4.78 is 6.86. The van der Waals surface area contributed by atoms with Crippen molar-refractivity contribution < 1.29 is 14.1 Å². The van der Waals surface area contributed by atoms with Crippen LogP contribution in [0.25, 0.3) is 22.6 Å². The highest BCUT2D eigenvalue weighted by Gasteiger charge is 2.24. The number of nitro groups is 1. The Morgan fingerprint density at radius 2 is 1.92 bits per heavy atom. The second-order valence-corrected chi connectivity index (χ2v) is 10.4. The molecule has 0 saturated carbocycles. The lowest BCUT2D eigenvalue weighted by molar-refractivity contribution is -0.384. The first-order valence-corrected chi connectivity index (χ1v) is 13.2. The van der Waals surface area contributed by atoms with Gasteiger partial charge in [0.15, 0.2) is 10.7 Å². The molecule has 0 unspecified atom stereocenters. The highest BCUT2D eigenvalue weighted by Crippen LogP contribution is 2.33. The Morgan fingerprint density at radius 1 is 1.14 bits per heavy atom. The van der Waals surface area contributed by atoms with Crippen molar-refractivity contribution in [2.45, 2.75) is 12.8 Å². The summed E-state index contributed by atoms with van der Waals surface area (Å²) in [5, 5.41) is 17.7. The number of nitro benzene ring substituents is 1. The molecule has 1 aliphatic heterocycles. The zero-order valence-corrected chi connectivity index (χ0v) is 22.9. The summed E-state index contributed by atoms with van der Waals surface area (Å²) in [6.45, 7) is 1.52. The molecule has 0 radical (unpaired) electrons. The molecule has 1 aliphatic rings. The number of oxazole rings is 1. The number of hydrogen-bond acceptors (Lipinski definition) is 7. The Morgan fingerprint density at radius 3 is 2.68 bits per heavy atom. The van der Waals surface area contributed by atoms with Gasteiger partial charge in [-0.2, -0.15) is 0 Å². The molecule has 1 amide bonds. The summed E-state index contributed by atoms with van der Waals surface area (Å²) in [5.74, 6) is -0.155. The molecule has 0 aliphatic carbocycles. The number of nitrogens with zero attached hydrogens (tertiary/aromatic N) is 3. The number of benzene rings is 3. The normalized spacial score (nSPS) is 13.1. The number of carbonyl (C=O) groups excluding carboxylic acids is 1. The van der Waals surface area contributed by atoms with Gasteiger partial charge in [-0.15, -0.1) is 0 Å². The number of halogens is 2. The van der Waals surface area contributed by atoms with E-state index in [0.29, 0.717) is 39.0 Å². The fourth-order valence-corrected chi connectivity index (χ4v) is 5.06. The summed E-state index contributed by atoms with van der Waals surface area (Å²) in [4.78, 5) is 30.4. The quantitative estimate of drug-likeness (QED) is 0.111. The molecule has 1 saturated heterocycles. The highest BCUT2D eigenvalue weighted by molar-refractivity contribution is 14.1. The van der Waals surface area contributed by atoms with Gasteiger partial charge in [-0.1, -0.05) is 11.6 Å². The maximum atomic E-state index is 12.8. The van der Waals surface area contributed by atoms with E-state index in [1.165, 1.54) is 6.07 Å². The predicted octanol–water partition coefficient (Wildman–Crippen LogP) is 6.39. The van der Waals surface area contributed by atoms with Gasteiger partial charge in [0.1, 0.15) is 11.2 Å². The van der Waals surface area contributed by atoms with Crippen molar-refractivity contribution in [1.29, 1.82) is 0 Å². The Balaban J connectivity index is 1.30. The Kier molecular flexibility index (Phi) is 7.26. The summed E-state index contributed by atoms with van der Waals surface area (Å²) in [6, 6.07) is 15.2. The van der Waals surface area contributed by atoms with E-state index in [1.54, 1.807) is 36.4 Å². The van der Waals surface area contributed by atoms with Crippen molar-refractivity contribution in [3.8, 4) is 11.5 Å². The van der Waals surface area contributed by atoms with Crippen LogP contribution in [0.5, 0.6) is 0 Å². The van der Waals surface area contributed by atoms with Gasteiger partial charge in [0.05, 0.1) is 15.5 Å². The van der Waals surface area contributed by atoms with Gasteiger partial charge >= 0.3 is 0 Å². The fourth-order valence-electron chi connectivity index (χ4n) is 4.16. The van der Waals surface area contributed by atoms with Crippen LogP contribution in [0.2, 0.25) is 5.02 Å². The Hall–Kier alpha value is -3.29. The first kappa shape index (κ1) is 25.4. The summed E-state index contributed by atoms with van der Waals surface area (Å²) in [5.41, 5.74) is 2.98. The van der Waals surface area contributed by atoms with E-state index >= 15 is 0 Å². The molecule has 0 spiro atoms. The van der Waals surface area contributed by atoms with Gasteiger partial charge in [0.25, 0.3) is 11.6 Å². The van der Waals surface area contributed by atoms with Crippen LogP contribution in [0.4, 0.5) is 17.1 Å². The van der Waals surface area contributed by atoms with Gasteiger partial charge < -0.3 is 14.6 Å². The van der Waals surface area contributed by atoms with Crippen molar-refractivity contribution in [2.75, 3.05) is 23.3 Å². The number of thiocarbonyl (C=S) groups is 1. The summed E-state index contributed by atoms with van der Waals surface area (Å²) in [7, 11) is 0. The van der Waals surface area contributed by atoms with Gasteiger partial charge in [0.2, 0.25) is 5.89 Å². The van der Waals surface area contributed by atoms with E-state index in [4.69, 9.17) is 28.2 Å².